The molecule has 2 saturated heterocycles. The fourth-order valence-electron chi connectivity index (χ4n) is 3.96. The molecule has 2 aromatic heterocycles. The van der Waals surface area contributed by atoms with Crippen molar-refractivity contribution in [2.24, 2.45) is 0 Å². The number of alkyl halides is 3. The van der Waals surface area contributed by atoms with E-state index in [-0.39, 0.29) is 34.5 Å². The molecule has 0 saturated carbocycles. The number of rotatable bonds is 3. The molecule has 4 rings (SSSR count). The molecule has 0 unspecified atom stereocenters. The van der Waals surface area contributed by atoms with E-state index in [1.54, 1.807) is 4.90 Å². The van der Waals surface area contributed by atoms with E-state index in [1.807, 2.05) is 0 Å². The fourth-order valence-corrected chi connectivity index (χ4v) is 4.65. The smallest absolute Gasteiger partial charge is 0.420 e. The monoisotopic (exact) mass is 524 g/mol. The van der Waals surface area contributed by atoms with Gasteiger partial charge in [-0.15, -0.1) is 0 Å². The quantitative estimate of drug-likeness (QED) is 0.614. The molecule has 13 heteroatoms. The number of fused-ring (bicyclic) bond motifs is 1. The van der Waals surface area contributed by atoms with Gasteiger partial charge in [0, 0.05) is 30.9 Å². The number of carbonyl (C=O) groups excluding carboxylic acids is 2. The first-order chi connectivity index (χ1) is 14.6. The van der Waals surface area contributed by atoms with E-state index in [0.29, 0.717) is 19.6 Å². The molecule has 2 atom stereocenters. The number of imidazole rings is 1. The lowest BCUT2D eigenvalue weighted by molar-refractivity contribution is -0.136. The van der Waals surface area contributed by atoms with Crippen molar-refractivity contribution in [2.45, 2.75) is 24.7 Å². The van der Waals surface area contributed by atoms with Crippen LogP contribution in [-0.4, -0.2) is 76.7 Å². The van der Waals surface area contributed by atoms with E-state index in [9.17, 15) is 22.8 Å². The molecular weight excluding hydrogens is 509 g/mol. The minimum atomic E-state index is -4.68. The van der Waals surface area contributed by atoms with E-state index < -0.39 is 35.5 Å². The van der Waals surface area contributed by atoms with E-state index in [1.165, 1.54) is 18.2 Å². The molecule has 0 aromatic carbocycles. The van der Waals surface area contributed by atoms with Crippen molar-refractivity contribution in [3.8, 4) is 0 Å². The highest BCUT2D eigenvalue weighted by Crippen LogP contribution is 2.36. The standard InChI is InChI=1S/C18H17BrClF3N4O4/c1-30-12-8-25(3-2-11(12)26-4-5-31-17(26)29)16(28)13-14(20)27-7-9(19)6-10(15(27)24-13)18(21,22)23/h6-7,11-12H,2-5,8H2,1H3/t11-,12-/m1/s1. The molecule has 0 radical (unpaired) electrons. The maximum atomic E-state index is 13.4. The first-order valence-corrected chi connectivity index (χ1v) is 10.5. The van der Waals surface area contributed by atoms with Crippen LogP contribution in [0.4, 0.5) is 18.0 Å². The molecule has 168 valence electrons. The van der Waals surface area contributed by atoms with Crippen LogP contribution in [-0.2, 0) is 15.7 Å². The number of nitrogens with zero attached hydrogens (tertiary/aromatic N) is 4. The highest BCUT2D eigenvalue weighted by atomic mass is 79.9. The number of pyridine rings is 1. The maximum absolute atomic E-state index is 13.4. The maximum Gasteiger partial charge on any atom is 0.420 e. The number of piperidine rings is 1. The first kappa shape index (κ1) is 22.2. The summed E-state index contributed by atoms with van der Waals surface area (Å²) in [5.41, 5.74) is -1.75. The Morgan fingerprint density at radius 2 is 2.13 bits per heavy atom. The number of cyclic esters (lactones) is 1. The van der Waals surface area contributed by atoms with Gasteiger partial charge in [0.1, 0.15) is 11.8 Å². The number of aromatic nitrogens is 2. The number of hydrogen-bond acceptors (Lipinski definition) is 5. The zero-order valence-corrected chi connectivity index (χ0v) is 18.5. The van der Waals surface area contributed by atoms with Gasteiger partial charge in [-0.1, -0.05) is 11.6 Å². The van der Waals surface area contributed by atoms with E-state index >= 15 is 0 Å². The summed E-state index contributed by atoms with van der Waals surface area (Å²) in [6.07, 6.45) is -3.85. The normalized spacial score (nSPS) is 22.3. The third kappa shape index (κ3) is 3.96. The molecule has 0 bridgehead atoms. The van der Waals surface area contributed by atoms with Crippen molar-refractivity contribution in [3.05, 3.63) is 33.1 Å². The van der Waals surface area contributed by atoms with Gasteiger partial charge in [-0.25, -0.2) is 9.78 Å². The second kappa shape index (κ2) is 8.14. The van der Waals surface area contributed by atoms with Crippen molar-refractivity contribution in [1.82, 2.24) is 19.2 Å². The van der Waals surface area contributed by atoms with Gasteiger partial charge in [0.25, 0.3) is 5.91 Å². The molecule has 2 fully saturated rings. The average molecular weight is 526 g/mol. The molecule has 31 heavy (non-hydrogen) atoms. The van der Waals surface area contributed by atoms with Gasteiger partial charge in [0.05, 0.1) is 24.3 Å². The van der Waals surface area contributed by atoms with Gasteiger partial charge in [0.2, 0.25) is 0 Å². The molecule has 0 spiro atoms. The van der Waals surface area contributed by atoms with Gasteiger partial charge in [-0.3, -0.25) is 14.1 Å². The molecule has 8 nitrogen and oxygen atoms in total. The first-order valence-electron chi connectivity index (χ1n) is 9.31. The zero-order valence-electron chi connectivity index (χ0n) is 16.2. The average Bonchev–Trinajstić information content (AvgIpc) is 3.29. The van der Waals surface area contributed by atoms with Crippen molar-refractivity contribution >= 4 is 45.2 Å². The molecule has 2 aliphatic rings. The van der Waals surface area contributed by atoms with Gasteiger partial charge in [0.15, 0.2) is 11.3 Å². The van der Waals surface area contributed by atoms with Crippen LogP contribution >= 0.6 is 27.5 Å². The van der Waals surface area contributed by atoms with Gasteiger partial charge in [-0.05, 0) is 28.4 Å². The van der Waals surface area contributed by atoms with Gasteiger partial charge >= 0.3 is 12.3 Å². The molecule has 2 amide bonds. The third-order valence-corrected chi connectivity index (χ3v) is 6.24. The zero-order chi connectivity index (χ0) is 22.5. The molecule has 0 N–H and O–H groups in total. The number of methoxy groups -OCH3 is 1. The van der Waals surface area contributed by atoms with Crippen molar-refractivity contribution in [3.63, 3.8) is 0 Å². The summed E-state index contributed by atoms with van der Waals surface area (Å²) in [6.45, 7) is 1.12. The Bertz CT molecular complexity index is 1050. The Hall–Kier alpha value is -2.05. The molecule has 4 heterocycles. The summed E-state index contributed by atoms with van der Waals surface area (Å²) in [7, 11) is 1.47. The summed E-state index contributed by atoms with van der Waals surface area (Å²) in [5, 5.41) is -0.217. The number of hydrogen-bond donors (Lipinski definition) is 0. The van der Waals surface area contributed by atoms with E-state index in [4.69, 9.17) is 21.1 Å². The highest BCUT2D eigenvalue weighted by molar-refractivity contribution is 9.10. The van der Waals surface area contributed by atoms with Crippen LogP contribution in [0, 0.1) is 0 Å². The van der Waals surface area contributed by atoms with Crippen LogP contribution in [0.1, 0.15) is 22.5 Å². The number of ether oxygens (including phenoxy) is 2. The Morgan fingerprint density at radius 3 is 2.74 bits per heavy atom. The second-order valence-electron chi connectivity index (χ2n) is 7.20. The lowest BCUT2D eigenvalue weighted by Gasteiger charge is -2.40. The molecule has 2 aliphatic heterocycles. The summed E-state index contributed by atoms with van der Waals surface area (Å²) in [4.78, 5) is 31.9. The minimum Gasteiger partial charge on any atom is -0.448 e. The predicted octanol–water partition coefficient (Wildman–Crippen LogP) is 3.45. The lowest BCUT2D eigenvalue weighted by Crippen LogP contribution is -2.56. The Morgan fingerprint density at radius 1 is 1.39 bits per heavy atom. The third-order valence-electron chi connectivity index (χ3n) is 5.44. The Balaban J connectivity index is 1.63. The predicted molar refractivity (Wildman–Crippen MR) is 106 cm³/mol. The minimum absolute atomic E-state index is 0.129. The van der Waals surface area contributed by atoms with Crippen LogP contribution in [0.3, 0.4) is 0 Å². The van der Waals surface area contributed by atoms with Crippen LogP contribution in [0.15, 0.2) is 16.7 Å². The number of amides is 2. The van der Waals surface area contributed by atoms with Gasteiger partial charge < -0.3 is 14.4 Å². The van der Waals surface area contributed by atoms with Crippen LogP contribution < -0.4 is 0 Å². The SMILES string of the molecule is CO[C@@H]1CN(C(=O)c2nc3c(C(F)(F)F)cc(Br)cn3c2Cl)CC[C@H]1N1CCOC1=O. The van der Waals surface area contributed by atoms with Crippen molar-refractivity contribution in [2.75, 3.05) is 33.4 Å². The van der Waals surface area contributed by atoms with Crippen LogP contribution in [0.25, 0.3) is 5.65 Å². The molecule has 0 aliphatic carbocycles. The Kier molecular flexibility index (Phi) is 5.81. The summed E-state index contributed by atoms with van der Waals surface area (Å²) >= 11 is 9.28. The lowest BCUT2D eigenvalue weighted by atomic mass is 10.00. The topological polar surface area (TPSA) is 76.4 Å². The summed E-state index contributed by atoms with van der Waals surface area (Å²) in [6, 6.07) is 0.613. The summed E-state index contributed by atoms with van der Waals surface area (Å²) < 4.78 is 52.0. The van der Waals surface area contributed by atoms with E-state index in [2.05, 4.69) is 20.9 Å². The summed E-state index contributed by atoms with van der Waals surface area (Å²) in [5.74, 6) is -0.609. The van der Waals surface area contributed by atoms with Crippen molar-refractivity contribution < 1.29 is 32.2 Å². The van der Waals surface area contributed by atoms with E-state index in [0.717, 1.165) is 10.5 Å². The fraction of sp³-hybridized carbons (Fsp3) is 0.500. The Labute approximate surface area is 188 Å². The molecule has 2 aromatic rings. The number of halogens is 5. The van der Waals surface area contributed by atoms with Gasteiger partial charge in [-0.2, -0.15) is 13.2 Å². The number of carbonyl (C=O) groups is 2. The second-order valence-corrected chi connectivity index (χ2v) is 8.48. The van der Waals surface area contributed by atoms with Crippen LogP contribution in [0.2, 0.25) is 5.15 Å². The highest BCUT2D eigenvalue weighted by Gasteiger charge is 2.41. The molecular formula is C18H17BrClF3N4O4. The van der Waals surface area contributed by atoms with Crippen LogP contribution in [0.5, 0.6) is 0 Å². The number of likely N-dealkylation sites (tertiary alicyclic amines) is 1. The van der Waals surface area contributed by atoms with Crippen molar-refractivity contribution in [1.29, 1.82) is 0 Å². The largest absolute Gasteiger partial charge is 0.448 e.